The van der Waals surface area contributed by atoms with Crippen molar-refractivity contribution in [1.29, 1.82) is 0 Å². The second-order valence-electron chi connectivity index (χ2n) is 9.97. The second-order valence-corrected chi connectivity index (χ2v) is 12.2. The highest BCUT2D eigenvalue weighted by Crippen LogP contribution is 2.31. The van der Waals surface area contributed by atoms with Gasteiger partial charge in [0.2, 0.25) is 10.0 Å². The average Bonchev–Trinajstić information content (AvgIpc) is 3.12. The van der Waals surface area contributed by atoms with E-state index in [1.807, 2.05) is 6.92 Å². The Labute approximate surface area is 209 Å². The van der Waals surface area contributed by atoms with E-state index >= 15 is 0 Å². The fourth-order valence-electron chi connectivity index (χ4n) is 5.71. The summed E-state index contributed by atoms with van der Waals surface area (Å²) in [5.74, 6) is 0. The first kappa shape index (κ1) is 25.7. The quantitative estimate of drug-likeness (QED) is 0.570. The van der Waals surface area contributed by atoms with E-state index in [0.29, 0.717) is 30.6 Å². The van der Waals surface area contributed by atoms with Gasteiger partial charge in [0.15, 0.2) is 0 Å². The molecule has 7 nitrogen and oxygen atoms in total. The third-order valence-corrected chi connectivity index (χ3v) is 9.95. The smallest absolute Gasteiger partial charge is 0.409 e. The van der Waals surface area contributed by atoms with Crippen LogP contribution in [0.1, 0.15) is 64.7 Å². The number of sulfonamides is 1. The average molecular weight is 512 g/mol. The fraction of sp³-hybridized carbons (Fsp3) is 0.720. The van der Waals surface area contributed by atoms with Crippen molar-refractivity contribution in [1.82, 2.24) is 14.1 Å². The highest BCUT2D eigenvalue weighted by molar-refractivity contribution is 7.89. The second kappa shape index (κ2) is 11.6. The molecule has 0 bridgehead atoms. The molecular weight excluding hydrogens is 474 g/mol. The SMILES string of the molecule is C[C@@H]1CCC[C@H](COC(=O)N2CCC(N3CCCCCC3)CC2)N1S(=O)(=O)c1ccc(Cl)cc1. The number of carbonyl (C=O) groups is 1. The van der Waals surface area contributed by atoms with Gasteiger partial charge in [-0.05, 0) is 82.8 Å². The number of halogens is 1. The number of likely N-dealkylation sites (tertiary alicyclic amines) is 2. The highest BCUT2D eigenvalue weighted by atomic mass is 35.5. The van der Waals surface area contributed by atoms with Gasteiger partial charge in [-0.2, -0.15) is 4.31 Å². The monoisotopic (exact) mass is 511 g/mol. The van der Waals surface area contributed by atoms with Crippen LogP contribution in [0.5, 0.6) is 0 Å². The largest absolute Gasteiger partial charge is 0.448 e. The van der Waals surface area contributed by atoms with Gasteiger partial charge in [0, 0.05) is 30.2 Å². The summed E-state index contributed by atoms with van der Waals surface area (Å²) < 4.78 is 34.0. The third kappa shape index (κ3) is 6.07. The summed E-state index contributed by atoms with van der Waals surface area (Å²) >= 11 is 5.95. The van der Waals surface area contributed by atoms with Crippen molar-refractivity contribution >= 4 is 27.7 Å². The molecule has 1 amide bonds. The molecule has 3 heterocycles. The Morgan fingerprint density at radius 1 is 0.941 bits per heavy atom. The van der Waals surface area contributed by atoms with Crippen molar-refractivity contribution in [2.75, 3.05) is 32.8 Å². The molecule has 9 heteroatoms. The van der Waals surface area contributed by atoms with Gasteiger partial charge < -0.3 is 14.5 Å². The zero-order valence-electron chi connectivity index (χ0n) is 20.2. The van der Waals surface area contributed by atoms with Gasteiger partial charge in [0.1, 0.15) is 6.61 Å². The van der Waals surface area contributed by atoms with E-state index in [-0.39, 0.29) is 29.7 Å². The van der Waals surface area contributed by atoms with Crippen molar-refractivity contribution in [3.63, 3.8) is 0 Å². The van der Waals surface area contributed by atoms with Gasteiger partial charge in [0.25, 0.3) is 0 Å². The zero-order valence-corrected chi connectivity index (χ0v) is 21.8. The lowest BCUT2D eigenvalue weighted by Crippen LogP contribution is -2.52. The summed E-state index contributed by atoms with van der Waals surface area (Å²) in [4.78, 5) is 17.5. The van der Waals surface area contributed by atoms with Crippen LogP contribution in [0.4, 0.5) is 4.79 Å². The summed E-state index contributed by atoms with van der Waals surface area (Å²) in [6.07, 6.45) is 9.23. The van der Waals surface area contributed by atoms with Crippen LogP contribution < -0.4 is 0 Å². The summed E-state index contributed by atoms with van der Waals surface area (Å²) in [7, 11) is -3.71. The maximum absolute atomic E-state index is 13.4. The minimum Gasteiger partial charge on any atom is -0.448 e. The minimum absolute atomic E-state index is 0.0854. The number of hydrogen-bond donors (Lipinski definition) is 0. The van der Waals surface area contributed by atoms with Crippen LogP contribution >= 0.6 is 11.6 Å². The summed E-state index contributed by atoms with van der Waals surface area (Å²) in [6.45, 7) is 5.76. The molecule has 0 saturated carbocycles. The zero-order chi connectivity index (χ0) is 24.1. The van der Waals surface area contributed by atoms with Crippen molar-refractivity contribution in [3.8, 4) is 0 Å². The lowest BCUT2D eigenvalue weighted by Gasteiger charge is -2.40. The van der Waals surface area contributed by atoms with E-state index in [1.165, 1.54) is 50.9 Å². The van der Waals surface area contributed by atoms with E-state index in [9.17, 15) is 13.2 Å². The van der Waals surface area contributed by atoms with Crippen LogP contribution in [0.15, 0.2) is 29.2 Å². The Balaban J connectivity index is 1.33. The van der Waals surface area contributed by atoms with E-state index in [0.717, 1.165) is 25.7 Å². The highest BCUT2D eigenvalue weighted by Gasteiger charge is 2.39. The lowest BCUT2D eigenvalue weighted by atomic mass is 10.0. The Morgan fingerprint density at radius 2 is 1.59 bits per heavy atom. The first-order valence-corrected chi connectivity index (χ1v) is 14.6. The summed E-state index contributed by atoms with van der Waals surface area (Å²) in [5, 5.41) is 0.496. The molecule has 190 valence electrons. The van der Waals surface area contributed by atoms with Gasteiger partial charge in [-0.3, -0.25) is 0 Å². The van der Waals surface area contributed by atoms with Gasteiger partial charge >= 0.3 is 6.09 Å². The summed E-state index contributed by atoms with van der Waals surface area (Å²) in [5.41, 5.74) is 0. The molecule has 1 aromatic carbocycles. The molecule has 3 fully saturated rings. The summed E-state index contributed by atoms with van der Waals surface area (Å²) in [6, 6.07) is 6.31. The molecule has 0 radical (unpaired) electrons. The Kier molecular flexibility index (Phi) is 8.77. The normalized spacial score (nSPS) is 26.2. The predicted octanol–water partition coefficient (Wildman–Crippen LogP) is 4.75. The first-order chi connectivity index (χ1) is 16.4. The Bertz CT molecular complexity index is 911. The molecule has 4 rings (SSSR count). The Hall–Kier alpha value is -1.35. The number of benzene rings is 1. The van der Waals surface area contributed by atoms with Crippen LogP contribution in [0.25, 0.3) is 0 Å². The number of carbonyl (C=O) groups excluding carboxylic acids is 1. The minimum atomic E-state index is -3.71. The van der Waals surface area contributed by atoms with Crippen LogP contribution in [0, 0.1) is 0 Å². The first-order valence-electron chi connectivity index (χ1n) is 12.8. The lowest BCUT2D eigenvalue weighted by molar-refractivity contribution is 0.0495. The molecule has 0 N–H and O–H groups in total. The van der Waals surface area contributed by atoms with Gasteiger partial charge in [-0.25, -0.2) is 13.2 Å². The van der Waals surface area contributed by atoms with Crippen LogP contribution in [-0.4, -0.2) is 79.5 Å². The van der Waals surface area contributed by atoms with Crippen LogP contribution in [-0.2, 0) is 14.8 Å². The Morgan fingerprint density at radius 3 is 2.24 bits per heavy atom. The van der Waals surface area contributed by atoms with Gasteiger partial charge in [0.05, 0.1) is 10.9 Å². The predicted molar refractivity (Wildman–Crippen MR) is 134 cm³/mol. The number of piperidine rings is 2. The number of hydrogen-bond acceptors (Lipinski definition) is 5. The number of nitrogens with zero attached hydrogens (tertiary/aromatic N) is 3. The third-order valence-electron chi connectivity index (χ3n) is 7.62. The van der Waals surface area contributed by atoms with Gasteiger partial charge in [-0.1, -0.05) is 30.9 Å². The number of ether oxygens (including phenoxy) is 1. The molecule has 2 atom stereocenters. The van der Waals surface area contributed by atoms with Crippen LogP contribution in [0.2, 0.25) is 5.02 Å². The topological polar surface area (TPSA) is 70.2 Å². The maximum Gasteiger partial charge on any atom is 0.409 e. The van der Waals surface area contributed by atoms with Crippen molar-refractivity contribution in [3.05, 3.63) is 29.3 Å². The van der Waals surface area contributed by atoms with E-state index in [2.05, 4.69) is 4.90 Å². The van der Waals surface area contributed by atoms with E-state index in [1.54, 1.807) is 21.3 Å². The molecule has 0 unspecified atom stereocenters. The van der Waals surface area contributed by atoms with Gasteiger partial charge in [-0.15, -0.1) is 0 Å². The van der Waals surface area contributed by atoms with Crippen molar-refractivity contribution in [2.24, 2.45) is 0 Å². The number of amides is 1. The molecule has 3 saturated heterocycles. The molecule has 1 aromatic rings. The van der Waals surface area contributed by atoms with E-state index in [4.69, 9.17) is 16.3 Å². The molecule has 0 aromatic heterocycles. The molecule has 34 heavy (non-hydrogen) atoms. The van der Waals surface area contributed by atoms with Crippen molar-refractivity contribution in [2.45, 2.75) is 87.7 Å². The van der Waals surface area contributed by atoms with Crippen molar-refractivity contribution < 1.29 is 17.9 Å². The molecule has 3 aliphatic heterocycles. The maximum atomic E-state index is 13.4. The molecule has 0 spiro atoms. The van der Waals surface area contributed by atoms with E-state index < -0.39 is 10.0 Å². The molecular formula is C25H38ClN3O4S. The fourth-order valence-corrected chi connectivity index (χ4v) is 7.70. The molecule has 0 aliphatic carbocycles. The number of rotatable bonds is 5. The molecule has 3 aliphatic rings. The van der Waals surface area contributed by atoms with Crippen LogP contribution in [0.3, 0.4) is 0 Å². The standard InChI is InChI=1S/C25H38ClN3O4S/c1-20-7-6-8-23(29(20)34(31,32)24-11-9-21(26)10-12-24)19-33-25(30)28-17-13-22(14-18-28)27-15-4-2-3-5-16-27/h9-12,20,22-23H,2-8,13-19H2,1H3/t20-,23-/m1/s1.